The number of nitrogens with zero attached hydrogens (tertiary/aromatic N) is 3. The molecule has 1 aromatic rings. The van der Waals surface area contributed by atoms with E-state index in [-0.39, 0.29) is 25.4 Å². The van der Waals surface area contributed by atoms with Gasteiger partial charge in [-0.15, -0.1) is 0 Å². The van der Waals surface area contributed by atoms with E-state index in [1.54, 1.807) is 24.3 Å². The number of benzene rings is 1. The van der Waals surface area contributed by atoms with Gasteiger partial charge in [0.05, 0.1) is 30.0 Å². The first-order valence-electron chi connectivity index (χ1n) is 6.08. The Morgan fingerprint density at radius 2 is 1.80 bits per heavy atom. The van der Waals surface area contributed by atoms with Gasteiger partial charge >= 0.3 is 0 Å². The summed E-state index contributed by atoms with van der Waals surface area (Å²) < 4.78 is 5.35. The second-order valence-electron chi connectivity index (χ2n) is 3.92. The van der Waals surface area contributed by atoms with Gasteiger partial charge < -0.3 is 9.64 Å². The molecule has 0 N–H and O–H groups in total. The van der Waals surface area contributed by atoms with Crippen LogP contribution in [0.5, 0.6) is 5.75 Å². The molecule has 20 heavy (non-hydrogen) atoms. The third-order valence-corrected chi connectivity index (χ3v) is 2.84. The zero-order valence-electron chi connectivity index (χ0n) is 10.9. The maximum Gasteiger partial charge on any atom is 0.260 e. The van der Waals surface area contributed by atoms with Gasteiger partial charge in [0.15, 0.2) is 6.61 Å². The molecule has 0 aliphatic heterocycles. The van der Waals surface area contributed by atoms with Gasteiger partial charge in [-0.3, -0.25) is 4.79 Å². The quantitative estimate of drug-likeness (QED) is 0.773. The molecule has 5 nitrogen and oxygen atoms in total. The first-order chi connectivity index (χ1) is 9.69. The Kier molecular flexibility index (Phi) is 6.95. The lowest BCUT2D eigenvalue weighted by molar-refractivity contribution is -0.133. The minimum Gasteiger partial charge on any atom is -0.482 e. The molecule has 1 amide bonds. The highest BCUT2D eigenvalue weighted by Crippen LogP contribution is 2.22. The number of nitriles is 2. The van der Waals surface area contributed by atoms with Gasteiger partial charge in [-0.1, -0.05) is 23.7 Å². The maximum atomic E-state index is 12.0. The third kappa shape index (κ3) is 5.17. The molecule has 1 rings (SSSR count). The monoisotopic (exact) mass is 291 g/mol. The SMILES string of the molecule is N#CCCN(CCC#N)C(=O)COc1ccccc1Cl. The number of carbonyl (C=O) groups excluding carboxylic acids is 1. The first-order valence-corrected chi connectivity index (χ1v) is 6.46. The molecule has 0 aliphatic rings. The second-order valence-corrected chi connectivity index (χ2v) is 4.32. The van der Waals surface area contributed by atoms with Gasteiger partial charge in [-0.2, -0.15) is 10.5 Å². The maximum absolute atomic E-state index is 12.0. The lowest BCUT2D eigenvalue weighted by Crippen LogP contribution is -2.36. The van der Waals surface area contributed by atoms with E-state index in [2.05, 4.69) is 0 Å². The summed E-state index contributed by atoms with van der Waals surface area (Å²) in [6.07, 6.45) is 0.451. The molecule has 0 atom stereocenters. The van der Waals surface area contributed by atoms with Crippen molar-refractivity contribution >= 4 is 17.5 Å². The van der Waals surface area contributed by atoms with Crippen LogP contribution >= 0.6 is 11.6 Å². The molecule has 0 bridgehead atoms. The summed E-state index contributed by atoms with van der Waals surface area (Å²) in [7, 11) is 0. The fraction of sp³-hybridized carbons (Fsp3) is 0.357. The largest absolute Gasteiger partial charge is 0.482 e. The minimum atomic E-state index is -0.268. The highest BCUT2D eigenvalue weighted by Gasteiger charge is 2.14. The summed E-state index contributed by atoms with van der Waals surface area (Å²) in [4.78, 5) is 13.4. The molecule has 0 saturated carbocycles. The van der Waals surface area contributed by atoms with Crippen LogP contribution in [0.2, 0.25) is 5.02 Å². The van der Waals surface area contributed by atoms with Crippen molar-refractivity contribution in [2.45, 2.75) is 12.8 Å². The van der Waals surface area contributed by atoms with E-state index in [1.165, 1.54) is 4.90 Å². The van der Waals surface area contributed by atoms with Crippen molar-refractivity contribution in [1.29, 1.82) is 10.5 Å². The zero-order chi connectivity index (χ0) is 14.8. The Labute approximate surface area is 122 Å². The molecule has 104 valence electrons. The van der Waals surface area contributed by atoms with E-state index < -0.39 is 0 Å². The third-order valence-electron chi connectivity index (χ3n) is 2.53. The summed E-state index contributed by atoms with van der Waals surface area (Å²) in [5.74, 6) is 0.165. The molecule has 0 spiro atoms. The Hall–Kier alpha value is -2.24. The van der Waals surface area contributed by atoms with Crippen LogP contribution in [-0.4, -0.2) is 30.5 Å². The van der Waals surface area contributed by atoms with E-state index in [4.69, 9.17) is 26.9 Å². The number of amides is 1. The van der Waals surface area contributed by atoms with Crippen molar-refractivity contribution in [3.05, 3.63) is 29.3 Å². The highest BCUT2D eigenvalue weighted by molar-refractivity contribution is 6.32. The van der Waals surface area contributed by atoms with Crippen molar-refractivity contribution < 1.29 is 9.53 Å². The molecular formula is C14H14ClN3O2. The van der Waals surface area contributed by atoms with E-state index in [0.717, 1.165) is 0 Å². The Morgan fingerprint density at radius 1 is 1.20 bits per heavy atom. The van der Waals surface area contributed by atoms with Gasteiger partial charge in [0.2, 0.25) is 0 Å². The van der Waals surface area contributed by atoms with Crippen molar-refractivity contribution in [3.8, 4) is 17.9 Å². The number of ether oxygens (including phenoxy) is 1. The van der Waals surface area contributed by atoms with E-state index in [0.29, 0.717) is 23.9 Å². The standard InChI is InChI=1S/C14H14ClN3O2/c15-12-5-1-2-6-13(12)20-11-14(19)18(9-3-7-16)10-4-8-17/h1-2,5-6H,3-4,9-11H2. The topological polar surface area (TPSA) is 77.1 Å². The predicted octanol–water partition coefficient (Wildman–Crippen LogP) is 2.37. The molecule has 0 aromatic heterocycles. The molecule has 0 aliphatic carbocycles. The molecule has 6 heteroatoms. The van der Waals surface area contributed by atoms with E-state index in [1.807, 2.05) is 12.1 Å². The van der Waals surface area contributed by atoms with E-state index in [9.17, 15) is 4.79 Å². The molecular weight excluding hydrogens is 278 g/mol. The minimum absolute atomic E-state index is 0.166. The van der Waals surface area contributed by atoms with Crippen LogP contribution in [0.4, 0.5) is 0 Å². The Balaban J connectivity index is 2.55. The van der Waals surface area contributed by atoms with Gasteiger partial charge in [0.1, 0.15) is 5.75 Å². The summed E-state index contributed by atoms with van der Waals surface area (Å²) in [6.45, 7) is 0.423. The molecule has 1 aromatic carbocycles. The average Bonchev–Trinajstić information content (AvgIpc) is 2.46. The molecule has 0 fully saturated rings. The molecule has 0 radical (unpaired) electrons. The normalized spacial score (nSPS) is 9.35. The summed E-state index contributed by atoms with van der Waals surface area (Å²) in [5.41, 5.74) is 0. The Bertz CT molecular complexity index is 516. The number of halogens is 1. The number of carbonyl (C=O) groups is 1. The van der Waals surface area contributed by atoms with Crippen molar-refractivity contribution in [1.82, 2.24) is 4.90 Å². The summed E-state index contributed by atoms with van der Waals surface area (Å²) in [6, 6.07) is 10.8. The Morgan fingerprint density at radius 3 is 2.35 bits per heavy atom. The van der Waals surface area contributed by atoms with Crippen molar-refractivity contribution in [3.63, 3.8) is 0 Å². The van der Waals surface area contributed by atoms with Crippen LogP contribution in [0.1, 0.15) is 12.8 Å². The van der Waals surface area contributed by atoms with Crippen molar-refractivity contribution in [2.75, 3.05) is 19.7 Å². The number of hydrogen-bond donors (Lipinski definition) is 0. The number of hydrogen-bond acceptors (Lipinski definition) is 4. The fourth-order valence-electron chi connectivity index (χ4n) is 1.52. The van der Waals surface area contributed by atoms with E-state index >= 15 is 0 Å². The first kappa shape index (κ1) is 15.8. The molecule has 0 unspecified atom stereocenters. The highest BCUT2D eigenvalue weighted by atomic mass is 35.5. The van der Waals surface area contributed by atoms with Crippen LogP contribution in [-0.2, 0) is 4.79 Å². The smallest absolute Gasteiger partial charge is 0.260 e. The number of rotatable bonds is 7. The van der Waals surface area contributed by atoms with Gasteiger partial charge in [0.25, 0.3) is 5.91 Å². The molecule has 0 heterocycles. The lowest BCUT2D eigenvalue weighted by Gasteiger charge is -2.20. The van der Waals surface area contributed by atoms with Crippen LogP contribution in [0.25, 0.3) is 0 Å². The van der Waals surface area contributed by atoms with Gasteiger partial charge in [0, 0.05) is 13.1 Å². The molecule has 0 saturated heterocycles. The van der Waals surface area contributed by atoms with Gasteiger partial charge in [-0.25, -0.2) is 0 Å². The van der Waals surface area contributed by atoms with Gasteiger partial charge in [-0.05, 0) is 12.1 Å². The second kappa shape index (κ2) is 8.79. The fourth-order valence-corrected chi connectivity index (χ4v) is 1.71. The number of para-hydroxylation sites is 1. The van der Waals surface area contributed by atoms with Crippen LogP contribution in [0, 0.1) is 22.7 Å². The lowest BCUT2D eigenvalue weighted by atomic mass is 10.3. The van der Waals surface area contributed by atoms with Crippen LogP contribution < -0.4 is 4.74 Å². The predicted molar refractivity (Wildman–Crippen MR) is 74.0 cm³/mol. The van der Waals surface area contributed by atoms with Crippen molar-refractivity contribution in [2.24, 2.45) is 0 Å². The zero-order valence-corrected chi connectivity index (χ0v) is 11.6. The van der Waals surface area contributed by atoms with Crippen LogP contribution in [0.15, 0.2) is 24.3 Å². The van der Waals surface area contributed by atoms with Crippen LogP contribution in [0.3, 0.4) is 0 Å². The summed E-state index contributed by atoms with van der Waals surface area (Å²) >= 11 is 5.92. The summed E-state index contributed by atoms with van der Waals surface area (Å²) in [5, 5.41) is 17.6. The average molecular weight is 292 g/mol.